The van der Waals surface area contributed by atoms with Gasteiger partial charge in [0.1, 0.15) is 5.75 Å². The summed E-state index contributed by atoms with van der Waals surface area (Å²) >= 11 is 0. The van der Waals surface area contributed by atoms with Gasteiger partial charge in [0, 0.05) is 18.3 Å². The molecule has 0 aliphatic rings. The summed E-state index contributed by atoms with van der Waals surface area (Å²) in [5, 5.41) is 9.57. The lowest BCUT2D eigenvalue weighted by Gasteiger charge is -2.11. The molecule has 1 rings (SSSR count). The Hall–Kier alpha value is -1.30. The highest BCUT2D eigenvalue weighted by Crippen LogP contribution is 2.20. The Morgan fingerprint density at radius 3 is 2.38 bits per heavy atom. The molecule has 0 aliphatic heterocycles. The number of hydrogen-bond donors (Lipinski definition) is 1. The van der Waals surface area contributed by atoms with Crippen LogP contribution in [-0.2, 0) is 16.4 Å². The number of sulfone groups is 1. The van der Waals surface area contributed by atoms with E-state index in [9.17, 15) is 18.3 Å². The van der Waals surface area contributed by atoms with Crippen molar-refractivity contribution in [2.24, 2.45) is 0 Å². The largest absolute Gasteiger partial charge is 0.506 e. The van der Waals surface area contributed by atoms with Crippen molar-refractivity contribution in [1.29, 1.82) is 0 Å². The van der Waals surface area contributed by atoms with Crippen molar-refractivity contribution in [2.75, 3.05) is 5.75 Å². The predicted octanol–water partition coefficient (Wildman–Crippen LogP) is 0.676. The van der Waals surface area contributed by atoms with E-state index < -0.39 is 26.0 Å². The van der Waals surface area contributed by atoms with Gasteiger partial charge < -0.3 is 9.67 Å². The fourth-order valence-electron chi connectivity index (χ4n) is 1.56. The first-order valence-electron chi connectivity index (χ1n) is 5.01. The Kier molecular flexibility index (Phi) is 3.42. The molecule has 1 aromatic heterocycles. The average Bonchev–Trinajstić information content (AvgIpc) is 2.17. The molecule has 0 fully saturated rings. The molecule has 0 unspecified atom stereocenters. The Labute approximate surface area is 94.3 Å². The summed E-state index contributed by atoms with van der Waals surface area (Å²) in [6.45, 7) is 5.20. The highest BCUT2D eigenvalue weighted by atomic mass is 32.2. The van der Waals surface area contributed by atoms with Crippen molar-refractivity contribution in [3.63, 3.8) is 0 Å². The summed E-state index contributed by atoms with van der Waals surface area (Å²) < 4.78 is 24.6. The molecular weight excluding hydrogens is 230 g/mol. The van der Waals surface area contributed by atoms with Gasteiger partial charge >= 0.3 is 0 Å². The van der Waals surface area contributed by atoms with Crippen molar-refractivity contribution >= 4 is 9.84 Å². The number of nitrogens with zero attached hydrogens (tertiary/aromatic N) is 1. The molecule has 0 saturated carbocycles. The number of aryl methyl sites for hydroxylation is 1. The van der Waals surface area contributed by atoms with Gasteiger partial charge in [-0.3, -0.25) is 4.79 Å². The third kappa shape index (κ3) is 1.97. The van der Waals surface area contributed by atoms with Crippen LogP contribution in [0.5, 0.6) is 5.75 Å². The second kappa shape index (κ2) is 4.29. The summed E-state index contributed by atoms with van der Waals surface area (Å²) in [6, 6.07) is 1.30. The van der Waals surface area contributed by atoms with Crippen LogP contribution < -0.4 is 5.56 Å². The molecule has 0 saturated heterocycles. The zero-order valence-electron chi connectivity index (χ0n) is 9.52. The molecule has 0 aliphatic carbocycles. The first-order chi connectivity index (χ1) is 7.35. The smallest absolute Gasteiger partial charge is 0.273 e. The van der Waals surface area contributed by atoms with Gasteiger partial charge in [-0.2, -0.15) is 0 Å². The monoisotopic (exact) mass is 245 g/mol. The Balaban J connectivity index is 3.73. The normalized spacial score (nSPS) is 11.7. The molecular formula is C10H15NO4S. The lowest BCUT2D eigenvalue weighted by atomic mass is 10.3. The molecule has 1 aromatic rings. The third-order valence-corrected chi connectivity index (χ3v) is 4.22. The highest BCUT2D eigenvalue weighted by molar-refractivity contribution is 7.91. The minimum Gasteiger partial charge on any atom is -0.506 e. The SMILES string of the molecule is CCn1c(C)cc(O)c(S(=O)(=O)CC)c1=O. The van der Waals surface area contributed by atoms with E-state index >= 15 is 0 Å². The minimum absolute atomic E-state index is 0.206. The maximum Gasteiger partial charge on any atom is 0.273 e. The summed E-state index contributed by atoms with van der Waals surface area (Å²) in [5.74, 6) is -0.670. The van der Waals surface area contributed by atoms with Crippen molar-refractivity contribution < 1.29 is 13.5 Å². The molecule has 0 bridgehead atoms. The van der Waals surface area contributed by atoms with E-state index in [1.54, 1.807) is 13.8 Å². The van der Waals surface area contributed by atoms with Crippen molar-refractivity contribution in [1.82, 2.24) is 4.57 Å². The molecule has 0 atom stereocenters. The van der Waals surface area contributed by atoms with Gasteiger partial charge in [0.2, 0.25) is 0 Å². The van der Waals surface area contributed by atoms with Gasteiger partial charge in [-0.1, -0.05) is 6.92 Å². The number of aromatic hydroxyl groups is 1. The minimum atomic E-state index is -3.69. The zero-order chi connectivity index (χ0) is 12.5. The van der Waals surface area contributed by atoms with Crippen LogP contribution in [0.3, 0.4) is 0 Å². The lowest BCUT2D eigenvalue weighted by Crippen LogP contribution is -2.27. The topological polar surface area (TPSA) is 76.4 Å². The van der Waals surface area contributed by atoms with Crippen LogP contribution in [0.1, 0.15) is 19.5 Å². The van der Waals surface area contributed by atoms with E-state index in [-0.39, 0.29) is 5.75 Å². The third-order valence-electron chi connectivity index (χ3n) is 2.45. The van der Waals surface area contributed by atoms with E-state index in [1.807, 2.05) is 0 Å². The molecule has 6 heteroatoms. The molecule has 90 valence electrons. The van der Waals surface area contributed by atoms with E-state index in [0.29, 0.717) is 12.2 Å². The number of aromatic nitrogens is 1. The zero-order valence-corrected chi connectivity index (χ0v) is 10.3. The summed E-state index contributed by atoms with van der Waals surface area (Å²) in [7, 11) is -3.69. The van der Waals surface area contributed by atoms with E-state index in [0.717, 1.165) is 0 Å². The van der Waals surface area contributed by atoms with Gasteiger partial charge in [0.25, 0.3) is 5.56 Å². The quantitative estimate of drug-likeness (QED) is 0.849. The van der Waals surface area contributed by atoms with E-state index in [2.05, 4.69) is 0 Å². The van der Waals surface area contributed by atoms with Gasteiger partial charge in [0.15, 0.2) is 14.7 Å². The molecule has 0 amide bonds. The maximum absolute atomic E-state index is 11.9. The summed E-state index contributed by atoms with van der Waals surface area (Å²) in [4.78, 5) is 11.4. The predicted molar refractivity (Wildman–Crippen MR) is 60.5 cm³/mol. The highest BCUT2D eigenvalue weighted by Gasteiger charge is 2.23. The second-order valence-corrected chi connectivity index (χ2v) is 5.67. The Morgan fingerprint density at radius 2 is 1.94 bits per heavy atom. The van der Waals surface area contributed by atoms with Crippen LogP contribution in [0.4, 0.5) is 0 Å². The number of rotatable bonds is 3. The fraction of sp³-hybridized carbons (Fsp3) is 0.500. The van der Waals surface area contributed by atoms with E-state index in [1.165, 1.54) is 17.6 Å². The standard InChI is InChI=1S/C10H15NO4S/c1-4-11-7(3)6-8(12)9(10(11)13)16(14,15)5-2/h6,12H,4-5H2,1-3H3. The molecule has 0 spiro atoms. The fourth-order valence-corrected chi connectivity index (χ4v) is 2.61. The van der Waals surface area contributed by atoms with Crippen LogP contribution in [0.15, 0.2) is 15.8 Å². The first kappa shape index (κ1) is 12.8. The van der Waals surface area contributed by atoms with Gasteiger partial charge in [-0.15, -0.1) is 0 Å². The molecule has 1 heterocycles. The first-order valence-corrected chi connectivity index (χ1v) is 6.66. The molecule has 5 nitrogen and oxygen atoms in total. The van der Waals surface area contributed by atoms with Gasteiger partial charge in [-0.05, 0) is 13.8 Å². The van der Waals surface area contributed by atoms with Gasteiger partial charge in [0.05, 0.1) is 5.75 Å². The van der Waals surface area contributed by atoms with Gasteiger partial charge in [-0.25, -0.2) is 8.42 Å². The van der Waals surface area contributed by atoms with Crippen molar-refractivity contribution in [2.45, 2.75) is 32.2 Å². The van der Waals surface area contributed by atoms with Crippen LogP contribution in [0.25, 0.3) is 0 Å². The average molecular weight is 245 g/mol. The molecule has 1 N–H and O–H groups in total. The summed E-state index contributed by atoms with van der Waals surface area (Å²) in [5.41, 5.74) is -0.109. The van der Waals surface area contributed by atoms with Crippen LogP contribution in [0, 0.1) is 6.92 Å². The Morgan fingerprint density at radius 1 is 1.38 bits per heavy atom. The molecule has 0 radical (unpaired) electrons. The number of hydrogen-bond acceptors (Lipinski definition) is 4. The van der Waals surface area contributed by atoms with Crippen LogP contribution in [0.2, 0.25) is 0 Å². The van der Waals surface area contributed by atoms with Crippen LogP contribution in [-0.4, -0.2) is 23.8 Å². The van der Waals surface area contributed by atoms with E-state index in [4.69, 9.17) is 0 Å². The lowest BCUT2D eigenvalue weighted by molar-refractivity contribution is 0.449. The Bertz CT molecular complexity index is 557. The van der Waals surface area contributed by atoms with Crippen LogP contribution >= 0.6 is 0 Å². The van der Waals surface area contributed by atoms with Crippen molar-refractivity contribution in [3.8, 4) is 5.75 Å². The van der Waals surface area contributed by atoms with Crippen molar-refractivity contribution in [3.05, 3.63) is 22.1 Å². The second-order valence-electron chi connectivity index (χ2n) is 3.45. The maximum atomic E-state index is 11.9. The molecule has 16 heavy (non-hydrogen) atoms. The molecule has 0 aromatic carbocycles. The summed E-state index contributed by atoms with van der Waals surface area (Å²) in [6.07, 6.45) is 0. The number of pyridine rings is 1.